The first-order valence-electron chi connectivity index (χ1n) is 7.55. The standard InChI is InChI=1S/C17H18F3O4P/c18-17(19,20)11-12-22-25(21,23-13-15-7-3-1-4-8-15)24-14-16-9-5-2-6-10-16/h1-10H,11-14H2. The van der Waals surface area contributed by atoms with Crippen molar-refractivity contribution in [1.82, 2.24) is 0 Å². The van der Waals surface area contributed by atoms with E-state index in [1.165, 1.54) is 0 Å². The summed E-state index contributed by atoms with van der Waals surface area (Å²) in [5, 5.41) is 0. The Hall–Kier alpha value is -1.66. The highest BCUT2D eigenvalue weighted by molar-refractivity contribution is 7.48. The number of halogens is 3. The molecule has 0 N–H and O–H groups in total. The molecule has 0 aliphatic carbocycles. The molecule has 0 saturated heterocycles. The van der Waals surface area contributed by atoms with Gasteiger partial charge < -0.3 is 0 Å². The third kappa shape index (κ3) is 7.84. The van der Waals surface area contributed by atoms with Crippen molar-refractivity contribution in [3.63, 3.8) is 0 Å². The van der Waals surface area contributed by atoms with Gasteiger partial charge in [-0.25, -0.2) is 4.57 Å². The first-order chi connectivity index (χ1) is 11.9. The molecule has 0 heterocycles. The minimum atomic E-state index is -4.41. The van der Waals surface area contributed by atoms with Crippen LogP contribution in [0.15, 0.2) is 60.7 Å². The highest BCUT2D eigenvalue weighted by Gasteiger charge is 2.32. The summed E-state index contributed by atoms with van der Waals surface area (Å²) >= 11 is 0. The minimum Gasteiger partial charge on any atom is -0.287 e. The predicted octanol–water partition coefficient (Wildman–Crippen LogP) is 5.50. The number of phosphoric acid groups is 1. The van der Waals surface area contributed by atoms with Gasteiger partial charge in [-0.1, -0.05) is 60.7 Å². The number of alkyl halides is 3. The normalized spacial score (nSPS) is 12.3. The van der Waals surface area contributed by atoms with E-state index in [1.807, 2.05) is 0 Å². The molecule has 0 spiro atoms. The molecule has 0 saturated carbocycles. The molecular weight excluding hydrogens is 356 g/mol. The number of benzene rings is 2. The third-order valence-electron chi connectivity index (χ3n) is 3.10. The van der Waals surface area contributed by atoms with Gasteiger partial charge in [0, 0.05) is 0 Å². The molecule has 2 aromatic rings. The van der Waals surface area contributed by atoms with E-state index in [0.29, 0.717) is 11.1 Å². The lowest BCUT2D eigenvalue weighted by Gasteiger charge is -2.18. The lowest BCUT2D eigenvalue weighted by atomic mass is 10.2. The van der Waals surface area contributed by atoms with E-state index in [-0.39, 0.29) is 13.2 Å². The van der Waals surface area contributed by atoms with Crippen molar-refractivity contribution < 1.29 is 31.3 Å². The summed E-state index contributed by atoms with van der Waals surface area (Å²) in [6, 6.07) is 17.6. The Morgan fingerprint density at radius 2 is 1.20 bits per heavy atom. The lowest BCUT2D eigenvalue weighted by Crippen LogP contribution is -2.12. The summed E-state index contributed by atoms with van der Waals surface area (Å²) in [5.41, 5.74) is 1.40. The number of hydrogen-bond donors (Lipinski definition) is 0. The summed E-state index contributed by atoms with van der Waals surface area (Å²) < 4.78 is 64.7. The van der Waals surface area contributed by atoms with Gasteiger partial charge in [0.05, 0.1) is 26.2 Å². The fourth-order valence-electron chi connectivity index (χ4n) is 1.84. The van der Waals surface area contributed by atoms with Gasteiger partial charge in [-0.15, -0.1) is 0 Å². The van der Waals surface area contributed by atoms with E-state index in [2.05, 4.69) is 0 Å². The average Bonchev–Trinajstić information content (AvgIpc) is 2.59. The highest BCUT2D eigenvalue weighted by atomic mass is 31.2. The number of rotatable bonds is 9. The Bertz CT molecular complexity index is 630. The van der Waals surface area contributed by atoms with Crippen LogP contribution in [0, 0.1) is 0 Å². The summed E-state index contributed by atoms with van der Waals surface area (Å²) in [5.74, 6) is 0. The van der Waals surface area contributed by atoms with Crippen molar-refractivity contribution in [3.8, 4) is 0 Å². The molecule has 0 fully saturated rings. The second-order valence-corrected chi connectivity index (χ2v) is 6.83. The van der Waals surface area contributed by atoms with Crippen molar-refractivity contribution in [2.24, 2.45) is 0 Å². The second kappa shape index (κ2) is 9.15. The molecule has 2 rings (SSSR count). The quantitative estimate of drug-likeness (QED) is 0.544. The first kappa shape index (κ1) is 19.7. The molecule has 2 aromatic carbocycles. The molecule has 0 aliphatic heterocycles. The van der Waals surface area contributed by atoms with E-state index in [1.54, 1.807) is 60.7 Å². The van der Waals surface area contributed by atoms with Crippen LogP contribution >= 0.6 is 7.82 Å². The monoisotopic (exact) mass is 374 g/mol. The molecule has 0 amide bonds. The molecule has 0 bridgehead atoms. The highest BCUT2D eigenvalue weighted by Crippen LogP contribution is 2.51. The van der Waals surface area contributed by atoms with Crippen LogP contribution in [0.25, 0.3) is 0 Å². The molecule has 0 aromatic heterocycles. The van der Waals surface area contributed by atoms with Crippen molar-refractivity contribution in [2.45, 2.75) is 25.8 Å². The fourth-order valence-corrected chi connectivity index (χ4v) is 2.99. The Labute approximate surface area is 144 Å². The van der Waals surface area contributed by atoms with E-state index in [9.17, 15) is 17.7 Å². The van der Waals surface area contributed by atoms with Gasteiger partial charge in [0.1, 0.15) is 0 Å². The number of phosphoric ester groups is 1. The summed E-state index contributed by atoms with van der Waals surface area (Å²) in [4.78, 5) is 0. The van der Waals surface area contributed by atoms with E-state index in [4.69, 9.17) is 13.6 Å². The summed E-state index contributed by atoms with van der Waals surface area (Å²) in [6.07, 6.45) is -5.65. The zero-order valence-electron chi connectivity index (χ0n) is 13.3. The van der Waals surface area contributed by atoms with Gasteiger partial charge in [-0.3, -0.25) is 13.6 Å². The largest absolute Gasteiger partial charge is 0.475 e. The molecular formula is C17H18F3O4P. The second-order valence-electron chi connectivity index (χ2n) is 5.16. The van der Waals surface area contributed by atoms with Gasteiger partial charge in [-0.05, 0) is 11.1 Å². The molecule has 0 atom stereocenters. The van der Waals surface area contributed by atoms with Gasteiger partial charge in [0.2, 0.25) is 0 Å². The van der Waals surface area contributed by atoms with Gasteiger partial charge in [0.25, 0.3) is 0 Å². The molecule has 4 nitrogen and oxygen atoms in total. The van der Waals surface area contributed by atoms with Crippen LogP contribution in [-0.2, 0) is 31.4 Å². The van der Waals surface area contributed by atoms with Gasteiger partial charge >= 0.3 is 14.0 Å². The molecule has 25 heavy (non-hydrogen) atoms. The topological polar surface area (TPSA) is 44.8 Å². The van der Waals surface area contributed by atoms with Crippen molar-refractivity contribution in [1.29, 1.82) is 0 Å². The minimum absolute atomic E-state index is 0.0983. The Balaban J connectivity index is 1.97. The third-order valence-corrected chi connectivity index (χ3v) is 4.49. The molecule has 8 heteroatoms. The Morgan fingerprint density at radius 3 is 1.60 bits per heavy atom. The van der Waals surface area contributed by atoms with Crippen molar-refractivity contribution >= 4 is 7.82 Å². The molecule has 0 aliphatic rings. The lowest BCUT2D eigenvalue weighted by molar-refractivity contribution is -0.140. The Morgan fingerprint density at radius 1 is 0.760 bits per heavy atom. The Kier molecular flexibility index (Phi) is 7.20. The van der Waals surface area contributed by atoms with Crippen LogP contribution in [0.1, 0.15) is 17.5 Å². The van der Waals surface area contributed by atoms with Gasteiger partial charge in [-0.2, -0.15) is 13.2 Å². The van der Waals surface area contributed by atoms with Crippen LogP contribution < -0.4 is 0 Å². The summed E-state index contributed by atoms with van der Waals surface area (Å²) in [6.45, 7) is -0.998. The smallest absolute Gasteiger partial charge is 0.287 e. The van der Waals surface area contributed by atoms with Crippen LogP contribution in [0.5, 0.6) is 0 Å². The summed E-state index contributed by atoms with van der Waals surface area (Å²) in [7, 11) is -4.14. The van der Waals surface area contributed by atoms with Crippen LogP contribution in [0.2, 0.25) is 0 Å². The molecule has 0 unspecified atom stereocenters. The van der Waals surface area contributed by atoms with Crippen LogP contribution in [0.3, 0.4) is 0 Å². The number of hydrogen-bond acceptors (Lipinski definition) is 4. The SMILES string of the molecule is O=P(OCCC(F)(F)F)(OCc1ccccc1)OCc1ccccc1. The predicted molar refractivity (Wildman–Crippen MR) is 86.7 cm³/mol. The molecule has 136 valence electrons. The van der Waals surface area contributed by atoms with E-state index in [0.717, 1.165) is 0 Å². The molecule has 0 radical (unpaired) electrons. The zero-order valence-corrected chi connectivity index (χ0v) is 14.2. The maximum absolute atomic E-state index is 12.6. The van der Waals surface area contributed by atoms with E-state index < -0.39 is 27.0 Å². The average molecular weight is 374 g/mol. The van der Waals surface area contributed by atoms with Crippen molar-refractivity contribution in [2.75, 3.05) is 6.61 Å². The van der Waals surface area contributed by atoms with Crippen LogP contribution in [-0.4, -0.2) is 12.8 Å². The first-order valence-corrected chi connectivity index (χ1v) is 9.01. The van der Waals surface area contributed by atoms with Crippen LogP contribution in [0.4, 0.5) is 13.2 Å². The maximum Gasteiger partial charge on any atom is 0.475 e. The maximum atomic E-state index is 12.6. The van der Waals surface area contributed by atoms with Gasteiger partial charge in [0.15, 0.2) is 0 Å². The zero-order chi connectivity index (χ0) is 18.2. The van der Waals surface area contributed by atoms with Crippen molar-refractivity contribution in [3.05, 3.63) is 71.8 Å². The fraction of sp³-hybridized carbons (Fsp3) is 0.294. The van der Waals surface area contributed by atoms with E-state index >= 15 is 0 Å².